The Balaban J connectivity index is 1.71. The first kappa shape index (κ1) is 12.3. The molecule has 0 bridgehead atoms. The maximum atomic E-state index is 10.8. The summed E-state index contributed by atoms with van der Waals surface area (Å²) in [5, 5.41) is 10.8. The summed E-state index contributed by atoms with van der Waals surface area (Å²) < 4.78 is 2.74. The zero-order valence-electron chi connectivity index (χ0n) is 10.1. The summed E-state index contributed by atoms with van der Waals surface area (Å²) in [7, 11) is 0. The van der Waals surface area contributed by atoms with E-state index < -0.39 is 4.92 Å². The molecular weight excluding hydrogens is 310 g/mol. The Morgan fingerprint density at radius 1 is 1.32 bits per heavy atom. The first-order valence-corrected chi connectivity index (χ1v) is 6.87. The van der Waals surface area contributed by atoms with E-state index in [0.29, 0.717) is 5.92 Å². The van der Waals surface area contributed by atoms with E-state index in [2.05, 4.69) is 33.0 Å². The average molecular weight is 322 g/mol. The maximum absolute atomic E-state index is 10.8. The summed E-state index contributed by atoms with van der Waals surface area (Å²) in [6, 6.07) is 8.46. The third kappa shape index (κ3) is 2.28. The van der Waals surface area contributed by atoms with Crippen LogP contribution in [-0.2, 0) is 0 Å². The molecule has 0 atom stereocenters. The van der Waals surface area contributed by atoms with Crippen molar-refractivity contribution in [1.29, 1.82) is 0 Å². The number of hydrogen-bond acceptors (Lipinski definition) is 3. The van der Waals surface area contributed by atoms with E-state index in [1.807, 2.05) is 12.1 Å². The third-order valence-corrected chi connectivity index (χ3v) is 4.19. The van der Waals surface area contributed by atoms with Gasteiger partial charge in [-0.2, -0.15) is 0 Å². The van der Waals surface area contributed by atoms with Crippen LogP contribution in [0.1, 0.15) is 30.4 Å². The molecule has 0 amide bonds. The molecule has 0 unspecified atom stereocenters. The number of aromatic nitrogens is 2. The van der Waals surface area contributed by atoms with Crippen molar-refractivity contribution in [3.8, 4) is 0 Å². The molecule has 0 spiro atoms. The normalized spacial score (nSPS) is 21.9. The minimum absolute atomic E-state index is 0.0562. The van der Waals surface area contributed by atoms with E-state index in [9.17, 15) is 10.1 Å². The highest BCUT2D eigenvalue weighted by atomic mass is 79.9. The molecule has 19 heavy (non-hydrogen) atoms. The zero-order valence-corrected chi connectivity index (χ0v) is 11.7. The topological polar surface area (TPSA) is 61.0 Å². The number of nitrogens with zero attached hydrogens (tertiary/aromatic N) is 3. The van der Waals surface area contributed by atoms with Gasteiger partial charge in [0.05, 0.1) is 6.04 Å². The fourth-order valence-electron chi connectivity index (χ4n) is 2.55. The standard InChI is InChI=1S/C13H12BrN3O2/c14-11-3-1-9(2-4-11)10-7-12(8-10)16-6-5-15-13(16)17(18)19/h1-6,10,12H,7-8H2. The molecule has 1 aliphatic carbocycles. The van der Waals surface area contributed by atoms with Crippen molar-refractivity contribution in [1.82, 2.24) is 9.55 Å². The second-order valence-corrected chi connectivity index (χ2v) is 5.68. The smallest absolute Gasteiger partial charge is 0.390 e. The SMILES string of the molecule is O=[N+]([O-])c1nccn1C1CC(c2ccc(Br)cc2)C1. The van der Waals surface area contributed by atoms with Gasteiger partial charge in [-0.1, -0.05) is 33.0 Å². The van der Waals surface area contributed by atoms with Crippen molar-refractivity contribution in [3.05, 3.63) is 56.8 Å². The van der Waals surface area contributed by atoms with E-state index in [1.54, 1.807) is 10.8 Å². The Morgan fingerprint density at radius 2 is 2.00 bits per heavy atom. The van der Waals surface area contributed by atoms with Crippen molar-refractivity contribution >= 4 is 21.9 Å². The largest absolute Gasteiger partial charge is 0.434 e. The van der Waals surface area contributed by atoms with Crippen LogP contribution in [0.25, 0.3) is 0 Å². The number of hydrogen-bond donors (Lipinski definition) is 0. The first-order valence-electron chi connectivity index (χ1n) is 6.08. The van der Waals surface area contributed by atoms with Gasteiger partial charge in [0.1, 0.15) is 12.4 Å². The maximum Gasteiger partial charge on any atom is 0.434 e. The van der Waals surface area contributed by atoms with Gasteiger partial charge in [0.25, 0.3) is 0 Å². The molecule has 6 heteroatoms. The van der Waals surface area contributed by atoms with Crippen LogP contribution in [-0.4, -0.2) is 14.5 Å². The minimum Gasteiger partial charge on any atom is -0.390 e. The van der Waals surface area contributed by atoms with Crippen molar-refractivity contribution in [2.24, 2.45) is 0 Å². The van der Waals surface area contributed by atoms with Crippen LogP contribution in [0.15, 0.2) is 41.1 Å². The molecule has 0 radical (unpaired) electrons. The first-order chi connectivity index (χ1) is 9.15. The van der Waals surface area contributed by atoms with Gasteiger partial charge >= 0.3 is 5.95 Å². The number of imidazole rings is 1. The molecular formula is C13H12BrN3O2. The summed E-state index contributed by atoms with van der Waals surface area (Å²) in [4.78, 5) is 14.2. The Kier molecular flexibility index (Phi) is 3.10. The van der Waals surface area contributed by atoms with Gasteiger partial charge in [-0.3, -0.25) is 0 Å². The molecule has 0 saturated heterocycles. The highest BCUT2D eigenvalue weighted by Gasteiger charge is 2.36. The summed E-state index contributed by atoms with van der Waals surface area (Å²) in [6.45, 7) is 0. The van der Waals surface area contributed by atoms with Crippen LogP contribution >= 0.6 is 15.9 Å². The van der Waals surface area contributed by atoms with Crippen LogP contribution in [0.3, 0.4) is 0 Å². The summed E-state index contributed by atoms with van der Waals surface area (Å²) in [5.74, 6) is 0.430. The average Bonchev–Trinajstić information content (AvgIpc) is 2.79. The lowest BCUT2D eigenvalue weighted by atomic mass is 9.76. The van der Waals surface area contributed by atoms with Gasteiger partial charge in [-0.25, -0.2) is 4.57 Å². The second-order valence-electron chi connectivity index (χ2n) is 4.77. The predicted octanol–water partition coefficient (Wildman–Crippen LogP) is 3.67. The number of halogens is 1. The Labute approximate surface area is 118 Å². The lowest BCUT2D eigenvalue weighted by molar-refractivity contribution is -0.397. The molecule has 0 N–H and O–H groups in total. The molecule has 3 rings (SSSR count). The lowest BCUT2D eigenvalue weighted by Gasteiger charge is -2.34. The quantitative estimate of drug-likeness (QED) is 0.640. The van der Waals surface area contributed by atoms with Crippen molar-refractivity contribution in [2.45, 2.75) is 24.8 Å². The molecule has 1 aromatic heterocycles. The lowest BCUT2D eigenvalue weighted by Crippen LogP contribution is -2.25. The number of benzene rings is 1. The van der Waals surface area contributed by atoms with Gasteiger partial charge in [0.2, 0.25) is 0 Å². The van der Waals surface area contributed by atoms with Crippen molar-refractivity contribution in [2.75, 3.05) is 0 Å². The highest BCUT2D eigenvalue weighted by Crippen LogP contribution is 2.45. The van der Waals surface area contributed by atoms with E-state index >= 15 is 0 Å². The Morgan fingerprint density at radius 3 is 2.63 bits per heavy atom. The van der Waals surface area contributed by atoms with Gasteiger partial charge in [-0.15, -0.1) is 0 Å². The summed E-state index contributed by atoms with van der Waals surface area (Å²) in [6.07, 6.45) is 5.04. The highest BCUT2D eigenvalue weighted by molar-refractivity contribution is 9.10. The predicted molar refractivity (Wildman–Crippen MR) is 74.0 cm³/mol. The molecule has 2 aromatic rings. The van der Waals surface area contributed by atoms with Crippen molar-refractivity contribution < 1.29 is 4.92 Å². The molecule has 1 heterocycles. The van der Waals surface area contributed by atoms with E-state index in [-0.39, 0.29) is 12.0 Å². The van der Waals surface area contributed by atoms with Gasteiger partial charge in [0, 0.05) is 4.47 Å². The number of nitro groups is 1. The molecule has 1 aliphatic rings. The van der Waals surface area contributed by atoms with E-state index in [1.165, 1.54) is 11.8 Å². The summed E-state index contributed by atoms with van der Waals surface area (Å²) in [5.41, 5.74) is 1.29. The van der Waals surface area contributed by atoms with Crippen LogP contribution in [0.2, 0.25) is 0 Å². The monoisotopic (exact) mass is 321 g/mol. The molecule has 1 aromatic carbocycles. The van der Waals surface area contributed by atoms with E-state index in [0.717, 1.165) is 17.3 Å². The van der Waals surface area contributed by atoms with Gasteiger partial charge < -0.3 is 10.1 Å². The van der Waals surface area contributed by atoms with Crippen LogP contribution in [0.5, 0.6) is 0 Å². The molecule has 0 aliphatic heterocycles. The van der Waals surface area contributed by atoms with Crippen LogP contribution < -0.4 is 0 Å². The Bertz CT molecular complexity index is 603. The fraction of sp³-hybridized carbons (Fsp3) is 0.308. The summed E-state index contributed by atoms with van der Waals surface area (Å²) >= 11 is 3.42. The number of rotatable bonds is 3. The van der Waals surface area contributed by atoms with Crippen LogP contribution in [0.4, 0.5) is 5.95 Å². The third-order valence-electron chi connectivity index (χ3n) is 3.66. The molecule has 98 valence electrons. The van der Waals surface area contributed by atoms with E-state index in [4.69, 9.17) is 0 Å². The Hall–Kier alpha value is -1.69. The van der Waals surface area contributed by atoms with Gasteiger partial charge in [0.15, 0.2) is 0 Å². The fourth-order valence-corrected chi connectivity index (χ4v) is 2.82. The second kappa shape index (κ2) is 4.77. The van der Waals surface area contributed by atoms with Gasteiger partial charge in [-0.05, 0) is 41.4 Å². The molecule has 5 nitrogen and oxygen atoms in total. The molecule has 1 fully saturated rings. The minimum atomic E-state index is -0.424. The van der Waals surface area contributed by atoms with Crippen LogP contribution in [0, 0.1) is 10.1 Å². The van der Waals surface area contributed by atoms with Crippen molar-refractivity contribution in [3.63, 3.8) is 0 Å². The molecule has 1 saturated carbocycles. The zero-order chi connectivity index (χ0) is 13.4.